The molecule has 1 unspecified atom stereocenters. The number of hydrogen-bond donors (Lipinski definition) is 1. The molecule has 0 fully saturated rings. The number of rotatable bonds is 11. The Morgan fingerprint density at radius 1 is 1.00 bits per heavy atom. The van der Waals surface area contributed by atoms with E-state index in [1.165, 1.54) is 48.4 Å². The third-order valence-corrected chi connectivity index (χ3v) is 8.14. The summed E-state index contributed by atoms with van der Waals surface area (Å²) < 4.78 is 48.2. The van der Waals surface area contributed by atoms with Crippen molar-refractivity contribution in [1.82, 2.24) is 10.2 Å². The van der Waals surface area contributed by atoms with Crippen LogP contribution < -0.4 is 14.4 Å². The number of sulfonamides is 1. The lowest BCUT2D eigenvalue weighted by molar-refractivity contribution is -0.141. The zero-order valence-electron chi connectivity index (χ0n) is 24.3. The molecular formula is C31H38FN3O5S. The highest BCUT2D eigenvalue weighted by molar-refractivity contribution is 7.92. The quantitative estimate of drug-likeness (QED) is 0.341. The van der Waals surface area contributed by atoms with Gasteiger partial charge in [0.2, 0.25) is 11.8 Å². The van der Waals surface area contributed by atoms with Gasteiger partial charge in [-0.3, -0.25) is 13.9 Å². The van der Waals surface area contributed by atoms with Crippen LogP contribution in [-0.2, 0) is 26.2 Å². The van der Waals surface area contributed by atoms with Crippen molar-refractivity contribution in [3.63, 3.8) is 0 Å². The normalized spacial score (nSPS) is 12.4. The van der Waals surface area contributed by atoms with Crippen LogP contribution in [0.4, 0.5) is 10.1 Å². The predicted molar refractivity (Wildman–Crippen MR) is 158 cm³/mol. The number of hydrogen-bond acceptors (Lipinski definition) is 5. The molecule has 3 aromatic carbocycles. The summed E-state index contributed by atoms with van der Waals surface area (Å²) in [5.74, 6) is -1.14. The molecular weight excluding hydrogens is 545 g/mol. The first-order chi connectivity index (χ1) is 19.3. The SMILES string of the molecule is CCC(C(=O)NC(C)(C)C)N(Cc1ccc(F)cc1)C(=O)CN(c1cc(C)ccc1OC)S(=O)(=O)c1ccccc1. The van der Waals surface area contributed by atoms with Gasteiger partial charge in [-0.25, -0.2) is 12.8 Å². The van der Waals surface area contributed by atoms with Crippen LogP contribution in [0, 0.1) is 12.7 Å². The van der Waals surface area contributed by atoms with E-state index in [1.54, 1.807) is 43.3 Å². The molecule has 10 heteroatoms. The minimum atomic E-state index is -4.24. The first-order valence-corrected chi connectivity index (χ1v) is 14.8. The van der Waals surface area contributed by atoms with Crippen molar-refractivity contribution in [3.05, 3.63) is 89.7 Å². The molecule has 0 saturated carbocycles. The van der Waals surface area contributed by atoms with E-state index in [0.717, 1.165) is 9.87 Å². The molecule has 1 N–H and O–H groups in total. The summed E-state index contributed by atoms with van der Waals surface area (Å²) in [7, 11) is -2.81. The molecule has 0 aliphatic heterocycles. The highest BCUT2D eigenvalue weighted by Gasteiger charge is 2.35. The Labute approximate surface area is 242 Å². The minimum Gasteiger partial charge on any atom is -0.495 e. The Morgan fingerprint density at radius 3 is 2.20 bits per heavy atom. The van der Waals surface area contributed by atoms with Gasteiger partial charge in [0.1, 0.15) is 24.2 Å². The van der Waals surface area contributed by atoms with Crippen molar-refractivity contribution >= 4 is 27.5 Å². The Balaban J connectivity index is 2.12. The maximum Gasteiger partial charge on any atom is 0.264 e. The maximum atomic E-state index is 14.2. The van der Waals surface area contributed by atoms with Crippen molar-refractivity contribution in [1.29, 1.82) is 0 Å². The van der Waals surface area contributed by atoms with Crippen LogP contribution in [0.15, 0.2) is 77.7 Å². The lowest BCUT2D eigenvalue weighted by atomic mass is 10.1. The van der Waals surface area contributed by atoms with Crippen LogP contribution in [0.25, 0.3) is 0 Å². The first-order valence-electron chi connectivity index (χ1n) is 13.3. The van der Waals surface area contributed by atoms with Crippen molar-refractivity contribution in [2.45, 2.75) is 64.1 Å². The van der Waals surface area contributed by atoms with Crippen LogP contribution in [0.1, 0.15) is 45.2 Å². The van der Waals surface area contributed by atoms with Gasteiger partial charge in [-0.05, 0) is 81.6 Å². The standard InChI is InChI=1S/C31H38FN3O5S/c1-7-26(30(37)33-31(3,4)5)34(20-23-14-16-24(32)17-15-23)29(36)21-35(27-19-22(2)13-18-28(27)40-6)41(38,39)25-11-9-8-10-12-25/h8-19,26H,7,20-21H2,1-6H3,(H,33,37). The van der Waals surface area contributed by atoms with E-state index >= 15 is 0 Å². The average Bonchev–Trinajstić information content (AvgIpc) is 2.92. The van der Waals surface area contributed by atoms with Crippen LogP contribution in [0.3, 0.4) is 0 Å². The fraction of sp³-hybridized carbons (Fsp3) is 0.355. The van der Waals surface area contributed by atoms with Gasteiger partial charge < -0.3 is 15.0 Å². The highest BCUT2D eigenvalue weighted by Crippen LogP contribution is 2.33. The summed E-state index contributed by atoms with van der Waals surface area (Å²) in [6.07, 6.45) is 0.272. The zero-order chi connectivity index (χ0) is 30.4. The fourth-order valence-electron chi connectivity index (χ4n) is 4.39. The maximum absolute atomic E-state index is 14.2. The largest absolute Gasteiger partial charge is 0.495 e. The Hall–Kier alpha value is -3.92. The third-order valence-electron chi connectivity index (χ3n) is 6.36. The molecule has 8 nitrogen and oxygen atoms in total. The Bertz CT molecular complexity index is 1460. The Kier molecular flexibility index (Phi) is 10.1. The smallest absolute Gasteiger partial charge is 0.264 e. The number of anilines is 1. The lowest BCUT2D eigenvalue weighted by Gasteiger charge is -2.35. The van der Waals surface area contributed by atoms with E-state index in [0.29, 0.717) is 5.56 Å². The molecule has 0 saturated heterocycles. The number of benzene rings is 3. The summed E-state index contributed by atoms with van der Waals surface area (Å²) in [5.41, 5.74) is 0.985. The molecule has 220 valence electrons. The number of methoxy groups -OCH3 is 1. The van der Waals surface area contributed by atoms with E-state index in [4.69, 9.17) is 4.74 Å². The van der Waals surface area contributed by atoms with Crippen molar-refractivity contribution in [2.24, 2.45) is 0 Å². The number of nitrogens with one attached hydrogen (secondary N) is 1. The van der Waals surface area contributed by atoms with Gasteiger partial charge >= 0.3 is 0 Å². The topological polar surface area (TPSA) is 96.0 Å². The van der Waals surface area contributed by atoms with Gasteiger partial charge in [-0.2, -0.15) is 0 Å². The minimum absolute atomic E-state index is 0.000962. The molecule has 0 aliphatic rings. The van der Waals surface area contributed by atoms with Crippen molar-refractivity contribution < 1.29 is 27.1 Å². The summed E-state index contributed by atoms with van der Waals surface area (Å²) in [5, 5.41) is 2.92. The molecule has 0 spiro atoms. The number of nitrogens with zero attached hydrogens (tertiary/aromatic N) is 2. The highest BCUT2D eigenvalue weighted by atomic mass is 32.2. The van der Waals surface area contributed by atoms with Crippen LogP contribution >= 0.6 is 0 Å². The van der Waals surface area contributed by atoms with Gasteiger partial charge in [0.25, 0.3) is 10.0 Å². The molecule has 0 heterocycles. The molecule has 0 aliphatic carbocycles. The zero-order valence-corrected chi connectivity index (χ0v) is 25.2. The van der Waals surface area contributed by atoms with E-state index in [-0.39, 0.29) is 35.2 Å². The summed E-state index contributed by atoms with van der Waals surface area (Å²) >= 11 is 0. The van der Waals surface area contributed by atoms with E-state index < -0.39 is 39.9 Å². The Morgan fingerprint density at radius 2 is 1.63 bits per heavy atom. The van der Waals surface area contributed by atoms with Crippen molar-refractivity contribution in [3.8, 4) is 5.75 Å². The molecule has 41 heavy (non-hydrogen) atoms. The summed E-state index contributed by atoms with van der Waals surface area (Å²) in [4.78, 5) is 28.9. The van der Waals surface area contributed by atoms with Crippen LogP contribution in [0.2, 0.25) is 0 Å². The number of amides is 2. The number of carbonyl (C=O) groups is 2. The average molecular weight is 584 g/mol. The van der Waals surface area contributed by atoms with Crippen LogP contribution in [-0.4, -0.2) is 50.4 Å². The molecule has 0 radical (unpaired) electrons. The molecule has 1 atom stereocenters. The van der Waals surface area contributed by atoms with Gasteiger partial charge in [0.05, 0.1) is 17.7 Å². The van der Waals surface area contributed by atoms with E-state index in [9.17, 15) is 22.4 Å². The second kappa shape index (κ2) is 13.2. The number of halogens is 1. The van der Waals surface area contributed by atoms with Crippen molar-refractivity contribution in [2.75, 3.05) is 18.0 Å². The number of carbonyl (C=O) groups excluding carboxylic acids is 2. The fourth-order valence-corrected chi connectivity index (χ4v) is 5.82. The molecule has 0 bridgehead atoms. The number of aryl methyl sites for hydroxylation is 1. The molecule has 3 aromatic rings. The second-order valence-electron chi connectivity index (χ2n) is 10.8. The number of ether oxygens (including phenoxy) is 1. The van der Waals surface area contributed by atoms with Crippen LogP contribution in [0.5, 0.6) is 5.75 Å². The van der Waals surface area contributed by atoms with Gasteiger partial charge in [0, 0.05) is 12.1 Å². The lowest BCUT2D eigenvalue weighted by Crippen LogP contribution is -2.55. The molecule has 0 aromatic heterocycles. The van der Waals surface area contributed by atoms with Gasteiger partial charge in [-0.1, -0.05) is 43.3 Å². The first kappa shape index (κ1) is 31.6. The molecule has 2 amide bonds. The van der Waals surface area contributed by atoms with Gasteiger partial charge in [-0.15, -0.1) is 0 Å². The second-order valence-corrected chi connectivity index (χ2v) is 12.7. The summed E-state index contributed by atoms with van der Waals surface area (Å²) in [6.45, 7) is 8.46. The predicted octanol–water partition coefficient (Wildman–Crippen LogP) is 5.06. The van der Waals surface area contributed by atoms with Gasteiger partial charge in [0.15, 0.2) is 0 Å². The summed E-state index contributed by atoms with van der Waals surface area (Å²) in [6, 6.07) is 17.6. The monoisotopic (exact) mass is 583 g/mol. The van der Waals surface area contributed by atoms with E-state index in [1.807, 2.05) is 27.7 Å². The molecule has 3 rings (SSSR count). The van der Waals surface area contributed by atoms with E-state index in [2.05, 4.69) is 5.32 Å². The third kappa shape index (κ3) is 8.07.